The molecule has 4 heteroatoms. The Hall–Kier alpha value is -0.610. The van der Waals surface area contributed by atoms with Gasteiger partial charge >= 0.3 is 0 Å². The van der Waals surface area contributed by atoms with Gasteiger partial charge in [-0.05, 0) is 24.7 Å². The molecule has 4 nitrogen and oxygen atoms in total. The summed E-state index contributed by atoms with van der Waals surface area (Å²) >= 11 is 0. The van der Waals surface area contributed by atoms with Crippen LogP contribution in [0.3, 0.4) is 0 Å². The standard InChI is InChI=1S/C13H24N2O2/c1-9-3-4-12(10(9)2)15-13(16)7-11-8-17-6-5-14-11/h9-12,14H,3-8H2,1-2H3,(H,15,16). The zero-order valence-electron chi connectivity index (χ0n) is 10.9. The molecule has 4 unspecified atom stereocenters. The number of hydrogen-bond donors (Lipinski definition) is 2. The molecular formula is C13H24N2O2. The zero-order valence-corrected chi connectivity index (χ0v) is 10.9. The fraction of sp³-hybridized carbons (Fsp3) is 0.923. The van der Waals surface area contributed by atoms with Crippen molar-refractivity contribution in [2.75, 3.05) is 19.8 Å². The normalized spacial score (nSPS) is 38.0. The van der Waals surface area contributed by atoms with Crippen molar-refractivity contribution in [3.05, 3.63) is 0 Å². The first-order chi connectivity index (χ1) is 8.16. The van der Waals surface area contributed by atoms with Crippen molar-refractivity contribution in [3.8, 4) is 0 Å². The largest absolute Gasteiger partial charge is 0.378 e. The van der Waals surface area contributed by atoms with Gasteiger partial charge in [-0.1, -0.05) is 13.8 Å². The summed E-state index contributed by atoms with van der Waals surface area (Å²) in [6.45, 7) is 6.78. The van der Waals surface area contributed by atoms with Gasteiger partial charge in [-0.3, -0.25) is 4.79 Å². The molecule has 1 saturated heterocycles. The van der Waals surface area contributed by atoms with E-state index in [9.17, 15) is 4.79 Å². The van der Waals surface area contributed by atoms with Gasteiger partial charge in [0, 0.05) is 25.0 Å². The molecule has 2 aliphatic rings. The van der Waals surface area contributed by atoms with E-state index >= 15 is 0 Å². The predicted octanol–water partition coefficient (Wildman–Crippen LogP) is 0.916. The third-order valence-electron chi connectivity index (χ3n) is 4.24. The minimum absolute atomic E-state index is 0.166. The molecule has 98 valence electrons. The molecule has 4 atom stereocenters. The highest BCUT2D eigenvalue weighted by Gasteiger charge is 2.31. The number of nitrogens with one attached hydrogen (secondary N) is 2. The van der Waals surface area contributed by atoms with Crippen molar-refractivity contribution < 1.29 is 9.53 Å². The van der Waals surface area contributed by atoms with Crippen LogP contribution in [-0.2, 0) is 9.53 Å². The van der Waals surface area contributed by atoms with Crippen LogP contribution in [0.5, 0.6) is 0 Å². The smallest absolute Gasteiger partial charge is 0.221 e. The van der Waals surface area contributed by atoms with E-state index in [1.165, 1.54) is 6.42 Å². The first-order valence-corrected chi connectivity index (χ1v) is 6.77. The molecule has 0 aromatic carbocycles. The van der Waals surface area contributed by atoms with Crippen LogP contribution < -0.4 is 10.6 Å². The summed E-state index contributed by atoms with van der Waals surface area (Å²) in [6, 6.07) is 0.569. The summed E-state index contributed by atoms with van der Waals surface area (Å²) < 4.78 is 5.35. The second kappa shape index (κ2) is 5.83. The summed E-state index contributed by atoms with van der Waals surface area (Å²) in [5.41, 5.74) is 0. The van der Waals surface area contributed by atoms with Crippen LogP contribution in [0.2, 0.25) is 0 Å². The Morgan fingerprint density at radius 2 is 2.24 bits per heavy atom. The Morgan fingerprint density at radius 3 is 2.82 bits per heavy atom. The molecule has 2 fully saturated rings. The monoisotopic (exact) mass is 240 g/mol. The molecule has 17 heavy (non-hydrogen) atoms. The SMILES string of the molecule is CC1CCC(NC(=O)CC2COCCN2)C1C. The van der Waals surface area contributed by atoms with E-state index < -0.39 is 0 Å². The molecule has 1 heterocycles. The van der Waals surface area contributed by atoms with Gasteiger partial charge in [0.1, 0.15) is 0 Å². The van der Waals surface area contributed by atoms with Crippen molar-refractivity contribution in [3.63, 3.8) is 0 Å². The Labute approximate surface area is 103 Å². The van der Waals surface area contributed by atoms with Gasteiger partial charge in [0.2, 0.25) is 5.91 Å². The van der Waals surface area contributed by atoms with Crippen molar-refractivity contribution >= 4 is 5.91 Å². The fourth-order valence-corrected chi connectivity index (χ4v) is 2.81. The van der Waals surface area contributed by atoms with Crippen molar-refractivity contribution in [1.29, 1.82) is 0 Å². The first-order valence-electron chi connectivity index (χ1n) is 6.77. The fourth-order valence-electron chi connectivity index (χ4n) is 2.81. The highest BCUT2D eigenvalue weighted by Crippen LogP contribution is 2.31. The van der Waals surface area contributed by atoms with Crippen LogP contribution in [0.1, 0.15) is 33.1 Å². The lowest BCUT2D eigenvalue weighted by atomic mass is 9.97. The van der Waals surface area contributed by atoms with E-state index in [2.05, 4.69) is 24.5 Å². The van der Waals surface area contributed by atoms with E-state index in [4.69, 9.17) is 4.74 Å². The summed E-state index contributed by atoms with van der Waals surface area (Å²) in [7, 11) is 0. The topological polar surface area (TPSA) is 50.4 Å². The van der Waals surface area contributed by atoms with Crippen molar-refractivity contribution in [2.45, 2.75) is 45.2 Å². The van der Waals surface area contributed by atoms with Crippen LogP contribution in [0.25, 0.3) is 0 Å². The van der Waals surface area contributed by atoms with Crippen LogP contribution in [0.15, 0.2) is 0 Å². The molecule has 1 aliphatic heterocycles. The molecule has 0 aromatic rings. The predicted molar refractivity (Wildman–Crippen MR) is 66.7 cm³/mol. The quantitative estimate of drug-likeness (QED) is 0.771. The molecule has 0 bridgehead atoms. The maximum absolute atomic E-state index is 11.9. The number of morpholine rings is 1. The summed E-state index contributed by atoms with van der Waals surface area (Å²) in [5.74, 6) is 1.50. The van der Waals surface area contributed by atoms with E-state index in [0.29, 0.717) is 25.0 Å². The minimum atomic E-state index is 0.166. The summed E-state index contributed by atoms with van der Waals surface area (Å²) in [5, 5.41) is 6.48. The van der Waals surface area contributed by atoms with E-state index in [1.54, 1.807) is 0 Å². The van der Waals surface area contributed by atoms with Crippen LogP contribution in [0, 0.1) is 11.8 Å². The number of amides is 1. The molecule has 1 aliphatic carbocycles. The highest BCUT2D eigenvalue weighted by molar-refractivity contribution is 5.77. The number of hydrogen-bond acceptors (Lipinski definition) is 3. The van der Waals surface area contributed by atoms with Crippen LogP contribution >= 0.6 is 0 Å². The third-order valence-corrected chi connectivity index (χ3v) is 4.24. The van der Waals surface area contributed by atoms with Gasteiger partial charge in [-0.15, -0.1) is 0 Å². The van der Waals surface area contributed by atoms with Crippen LogP contribution in [0.4, 0.5) is 0 Å². The Morgan fingerprint density at radius 1 is 1.41 bits per heavy atom. The van der Waals surface area contributed by atoms with Gasteiger partial charge < -0.3 is 15.4 Å². The summed E-state index contributed by atoms with van der Waals surface area (Å²) in [6.07, 6.45) is 2.90. The van der Waals surface area contributed by atoms with Gasteiger partial charge in [0.25, 0.3) is 0 Å². The van der Waals surface area contributed by atoms with E-state index in [0.717, 1.165) is 25.5 Å². The number of ether oxygens (including phenoxy) is 1. The minimum Gasteiger partial charge on any atom is -0.378 e. The molecule has 2 N–H and O–H groups in total. The third kappa shape index (κ3) is 3.42. The zero-order chi connectivity index (χ0) is 12.3. The molecule has 2 rings (SSSR count). The maximum atomic E-state index is 11.9. The second-order valence-electron chi connectivity index (χ2n) is 5.52. The highest BCUT2D eigenvalue weighted by atomic mass is 16.5. The lowest BCUT2D eigenvalue weighted by Crippen LogP contribution is -2.46. The molecule has 0 spiro atoms. The molecular weight excluding hydrogens is 216 g/mol. The Balaban J connectivity index is 1.73. The van der Waals surface area contributed by atoms with Gasteiger partial charge in [0.05, 0.1) is 13.2 Å². The van der Waals surface area contributed by atoms with E-state index in [-0.39, 0.29) is 11.9 Å². The lowest BCUT2D eigenvalue weighted by molar-refractivity contribution is -0.123. The molecule has 0 radical (unpaired) electrons. The Kier molecular flexibility index (Phi) is 4.40. The van der Waals surface area contributed by atoms with Gasteiger partial charge in [-0.25, -0.2) is 0 Å². The number of rotatable bonds is 3. The molecule has 0 aromatic heterocycles. The Bertz CT molecular complexity index is 264. The summed E-state index contributed by atoms with van der Waals surface area (Å²) in [4.78, 5) is 11.9. The van der Waals surface area contributed by atoms with Gasteiger partial charge in [-0.2, -0.15) is 0 Å². The van der Waals surface area contributed by atoms with Crippen molar-refractivity contribution in [1.82, 2.24) is 10.6 Å². The first kappa shape index (κ1) is 12.8. The average molecular weight is 240 g/mol. The maximum Gasteiger partial charge on any atom is 0.221 e. The number of carbonyl (C=O) groups excluding carboxylic acids is 1. The molecule has 1 saturated carbocycles. The van der Waals surface area contributed by atoms with Crippen molar-refractivity contribution in [2.24, 2.45) is 11.8 Å². The van der Waals surface area contributed by atoms with Gasteiger partial charge in [0.15, 0.2) is 0 Å². The van der Waals surface area contributed by atoms with E-state index in [1.807, 2.05) is 0 Å². The number of carbonyl (C=O) groups is 1. The lowest BCUT2D eigenvalue weighted by Gasteiger charge is -2.25. The second-order valence-corrected chi connectivity index (χ2v) is 5.52. The average Bonchev–Trinajstić information content (AvgIpc) is 2.62. The molecule has 1 amide bonds. The van der Waals surface area contributed by atoms with Crippen LogP contribution in [-0.4, -0.2) is 37.7 Å².